The lowest BCUT2D eigenvalue weighted by molar-refractivity contribution is 0.0401. The third-order valence-corrected chi connectivity index (χ3v) is 3.18. The molecular formula is C15H24O2. The molecule has 0 saturated heterocycles. The van der Waals surface area contributed by atoms with E-state index < -0.39 is 5.60 Å². The van der Waals surface area contributed by atoms with E-state index in [-0.39, 0.29) is 0 Å². The molecule has 0 amide bonds. The van der Waals surface area contributed by atoms with Gasteiger partial charge in [-0.15, -0.1) is 0 Å². The second kappa shape index (κ2) is 6.65. The van der Waals surface area contributed by atoms with Crippen molar-refractivity contribution in [1.82, 2.24) is 0 Å². The number of hydrogen-bond donors (Lipinski definition) is 1. The molecule has 1 rings (SSSR count). The molecule has 0 radical (unpaired) electrons. The Morgan fingerprint density at radius 2 is 1.82 bits per heavy atom. The van der Waals surface area contributed by atoms with Gasteiger partial charge in [-0.1, -0.05) is 31.9 Å². The largest absolute Gasteiger partial charge is 0.497 e. The predicted molar refractivity (Wildman–Crippen MR) is 71.5 cm³/mol. The van der Waals surface area contributed by atoms with Crippen LogP contribution >= 0.6 is 0 Å². The van der Waals surface area contributed by atoms with E-state index in [1.807, 2.05) is 19.1 Å². The molecule has 0 spiro atoms. The van der Waals surface area contributed by atoms with E-state index in [1.165, 1.54) is 5.56 Å². The summed E-state index contributed by atoms with van der Waals surface area (Å²) >= 11 is 0. The molecule has 96 valence electrons. The zero-order valence-corrected chi connectivity index (χ0v) is 11.2. The SMILES string of the molecule is CCCCC(C)(O)CCc1ccc(OC)cc1. The first kappa shape index (κ1) is 14.0. The van der Waals surface area contributed by atoms with Crippen LogP contribution in [-0.4, -0.2) is 17.8 Å². The number of aliphatic hydroxyl groups is 1. The number of hydrogen-bond acceptors (Lipinski definition) is 2. The second-order valence-corrected chi connectivity index (χ2v) is 4.95. The molecule has 0 heterocycles. The van der Waals surface area contributed by atoms with Crippen molar-refractivity contribution in [2.75, 3.05) is 7.11 Å². The highest BCUT2D eigenvalue weighted by Gasteiger charge is 2.18. The van der Waals surface area contributed by atoms with Crippen molar-refractivity contribution in [2.24, 2.45) is 0 Å². The van der Waals surface area contributed by atoms with Crippen molar-refractivity contribution in [1.29, 1.82) is 0 Å². The zero-order valence-electron chi connectivity index (χ0n) is 11.2. The molecule has 1 N–H and O–H groups in total. The summed E-state index contributed by atoms with van der Waals surface area (Å²) in [5, 5.41) is 10.2. The molecule has 0 saturated carbocycles. The van der Waals surface area contributed by atoms with Crippen LogP contribution in [0.15, 0.2) is 24.3 Å². The average molecular weight is 236 g/mol. The van der Waals surface area contributed by atoms with Crippen LogP contribution in [0.4, 0.5) is 0 Å². The van der Waals surface area contributed by atoms with Crippen molar-refractivity contribution in [3.8, 4) is 5.75 Å². The van der Waals surface area contributed by atoms with Gasteiger partial charge in [-0.25, -0.2) is 0 Å². The monoisotopic (exact) mass is 236 g/mol. The van der Waals surface area contributed by atoms with E-state index in [1.54, 1.807) is 7.11 Å². The molecule has 1 aromatic carbocycles. The Morgan fingerprint density at radius 3 is 2.35 bits per heavy atom. The van der Waals surface area contributed by atoms with Gasteiger partial charge in [0.2, 0.25) is 0 Å². The van der Waals surface area contributed by atoms with Gasteiger partial charge in [0.05, 0.1) is 12.7 Å². The molecule has 0 aliphatic carbocycles. The topological polar surface area (TPSA) is 29.5 Å². The minimum atomic E-state index is -0.532. The summed E-state index contributed by atoms with van der Waals surface area (Å²) in [7, 11) is 1.67. The van der Waals surface area contributed by atoms with Crippen molar-refractivity contribution in [2.45, 2.75) is 51.6 Å². The number of unbranched alkanes of at least 4 members (excludes halogenated alkanes) is 1. The van der Waals surface area contributed by atoms with Gasteiger partial charge in [-0.2, -0.15) is 0 Å². The Morgan fingerprint density at radius 1 is 1.18 bits per heavy atom. The summed E-state index contributed by atoms with van der Waals surface area (Å²) in [4.78, 5) is 0. The first-order valence-electron chi connectivity index (χ1n) is 6.43. The molecule has 2 heteroatoms. The summed E-state index contributed by atoms with van der Waals surface area (Å²) in [5.74, 6) is 0.881. The van der Waals surface area contributed by atoms with Crippen LogP contribution in [0.5, 0.6) is 5.75 Å². The van der Waals surface area contributed by atoms with Gasteiger partial charge in [0.1, 0.15) is 5.75 Å². The van der Waals surface area contributed by atoms with E-state index in [4.69, 9.17) is 4.74 Å². The lowest BCUT2D eigenvalue weighted by atomic mass is 9.92. The number of benzene rings is 1. The fraction of sp³-hybridized carbons (Fsp3) is 0.600. The van der Waals surface area contributed by atoms with Gasteiger partial charge in [0.25, 0.3) is 0 Å². The fourth-order valence-electron chi connectivity index (χ4n) is 1.89. The molecule has 17 heavy (non-hydrogen) atoms. The molecule has 1 aromatic rings. The van der Waals surface area contributed by atoms with Crippen molar-refractivity contribution >= 4 is 0 Å². The number of methoxy groups -OCH3 is 1. The molecule has 0 aliphatic heterocycles. The maximum Gasteiger partial charge on any atom is 0.118 e. The van der Waals surface area contributed by atoms with Gasteiger partial charge in [-0.05, 0) is 43.9 Å². The van der Waals surface area contributed by atoms with Gasteiger partial charge >= 0.3 is 0 Å². The summed E-state index contributed by atoms with van der Waals surface area (Å²) in [6.45, 7) is 4.09. The van der Waals surface area contributed by atoms with Crippen LogP contribution in [0.25, 0.3) is 0 Å². The molecule has 1 atom stereocenters. The molecule has 0 fully saturated rings. The van der Waals surface area contributed by atoms with Crippen LogP contribution in [0, 0.1) is 0 Å². The van der Waals surface area contributed by atoms with E-state index in [0.29, 0.717) is 0 Å². The van der Waals surface area contributed by atoms with Gasteiger partial charge in [-0.3, -0.25) is 0 Å². The summed E-state index contributed by atoms with van der Waals surface area (Å²) in [6.07, 6.45) is 4.86. The molecular weight excluding hydrogens is 212 g/mol. The number of ether oxygens (including phenoxy) is 1. The van der Waals surface area contributed by atoms with Crippen molar-refractivity contribution < 1.29 is 9.84 Å². The Bertz CT molecular complexity index is 314. The van der Waals surface area contributed by atoms with Crippen molar-refractivity contribution in [3.05, 3.63) is 29.8 Å². The van der Waals surface area contributed by atoms with E-state index >= 15 is 0 Å². The second-order valence-electron chi connectivity index (χ2n) is 4.95. The highest BCUT2D eigenvalue weighted by Crippen LogP contribution is 2.21. The van der Waals surface area contributed by atoms with Gasteiger partial charge in [0.15, 0.2) is 0 Å². The summed E-state index contributed by atoms with van der Waals surface area (Å²) in [6, 6.07) is 8.07. The molecule has 0 aliphatic rings. The first-order valence-corrected chi connectivity index (χ1v) is 6.43. The van der Waals surface area contributed by atoms with Crippen LogP contribution in [0.1, 0.15) is 45.1 Å². The normalized spacial score (nSPS) is 14.4. The first-order chi connectivity index (χ1) is 8.07. The van der Waals surface area contributed by atoms with Crippen LogP contribution < -0.4 is 4.74 Å². The number of aryl methyl sites for hydroxylation is 1. The summed E-state index contributed by atoms with van der Waals surface area (Å²) in [5.41, 5.74) is 0.721. The molecule has 2 nitrogen and oxygen atoms in total. The lowest BCUT2D eigenvalue weighted by Gasteiger charge is -2.23. The van der Waals surface area contributed by atoms with Crippen LogP contribution in [0.2, 0.25) is 0 Å². The minimum Gasteiger partial charge on any atom is -0.497 e. The minimum absolute atomic E-state index is 0.532. The number of rotatable bonds is 7. The Kier molecular flexibility index (Phi) is 5.49. The Hall–Kier alpha value is -1.02. The van der Waals surface area contributed by atoms with E-state index in [2.05, 4.69) is 19.1 Å². The maximum atomic E-state index is 10.2. The lowest BCUT2D eigenvalue weighted by Crippen LogP contribution is -2.24. The standard InChI is InChI=1S/C15H24O2/c1-4-5-11-15(2,16)12-10-13-6-8-14(17-3)9-7-13/h6-9,16H,4-5,10-12H2,1-3H3. The smallest absolute Gasteiger partial charge is 0.118 e. The van der Waals surface area contributed by atoms with Crippen molar-refractivity contribution in [3.63, 3.8) is 0 Å². The van der Waals surface area contributed by atoms with E-state index in [0.717, 1.165) is 37.9 Å². The van der Waals surface area contributed by atoms with Gasteiger partial charge in [0, 0.05) is 0 Å². The van der Waals surface area contributed by atoms with Crippen LogP contribution in [0.3, 0.4) is 0 Å². The fourth-order valence-corrected chi connectivity index (χ4v) is 1.89. The quantitative estimate of drug-likeness (QED) is 0.784. The molecule has 0 aromatic heterocycles. The van der Waals surface area contributed by atoms with Gasteiger partial charge < -0.3 is 9.84 Å². The third kappa shape index (κ3) is 5.22. The third-order valence-electron chi connectivity index (χ3n) is 3.18. The molecule has 1 unspecified atom stereocenters. The Labute approximate surface area is 105 Å². The molecule has 0 bridgehead atoms. The highest BCUT2D eigenvalue weighted by molar-refractivity contribution is 5.27. The van der Waals surface area contributed by atoms with E-state index in [9.17, 15) is 5.11 Å². The summed E-state index contributed by atoms with van der Waals surface area (Å²) < 4.78 is 5.12. The van der Waals surface area contributed by atoms with Crippen LogP contribution in [-0.2, 0) is 6.42 Å². The maximum absolute atomic E-state index is 10.2. The zero-order chi connectivity index (χ0) is 12.7. The average Bonchev–Trinajstić information content (AvgIpc) is 2.35. The highest BCUT2D eigenvalue weighted by atomic mass is 16.5. The predicted octanol–water partition coefficient (Wildman–Crippen LogP) is 3.57. The Balaban J connectivity index is 2.43.